The van der Waals surface area contributed by atoms with Crippen LogP contribution in [0.2, 0.25) is 0 Å². The van der Waals surface area contributed by atoms with Gasteiger partial charge in [-0.3, -0.25) is 14.3 Å². The number of aryl methyl sites for hydroxylation is 3. The van der Waals surface area contributed by atoms with Crippen LogP contribution in [0.4, 0.5) is 0 Å². The number of hydrogen-bond acceptors (Lipinski definition) is 4. The second-order valence-corrected chi connectivity index (χ2v) is 7.70. The largest absolute Gasteiger partial charge is 0.353 e. The summed E-state index contributed by atoms with van der Waals surface area (Å²) in [5.74, 6) is 1.45. The zero-order valence-electron chi connectivity index (χ0n) is 16.2. The molecule has 0 aromatic carbocycles. The van der Waals surface area contributed by atoms with Gasteiger partial charge in [0.1, 0.15) is 5.82 Å². The van der Waals surface area contributed by atoms with Crippen molar-refractivity contribution in [2.45, 2.75) is 71.5 Å². The van der Waals surface area contributed by atoms with Crippen LogP contribution in [0.25, 0.3) is 0 Å². The highest BCUT2D eigenvalue weighted by Gasteiger charge is 2.22. The van der Waals surface area contributed by atoms with Gasteiger partial charge in [0.25, 0.3) is 0 Å². The Hall–Kier alpha value is -2.44. The van der Waals surface area contributed by atoms with E-state index >= 15 is 0 Å². The number of amides is 1. The van der Waals surface area contributed by atoms with E-state index in [1.54, 1.807) is 21.6 Å². The fraction of sp³-hybridized carbons (Fsp3) is 0.600. The minimum atomic E-state index is -0.0182. The molecule has 0 saturated heterocycles. The van der Waals surface area contributed by atoms with Gasteiger partial charge >= 0.3 is 5.69 Å². The number of nitrogens with zero attached hydrogens (tertiary/aromatic N) is 4. The van der Waals surface area contributed by atoms with Gasteiger partial charge in [0, 0.05) is 44.4 Å². The van der Waals surface area contributed by atoms with Crippen molar-refractivity contribution in [3.05, 3.63) is 46.4 Å². The lowest BCUT2D eigenvalue weighted by Crippen LogP contribution is -2.36. The molecule has 1 N–H and O–H groups in total. The second-order valence-electron chi connectivity index (χ2n) is 7.70. The molecule has 1 atom stereocenters. The van der Waals surface area contributed by atoms with E-state index in [-0.39, 0.29) is 17.6 Å². The van der Waals surface area contributed by atoms with Crippen molar-refractivity contribution in [2.75, 3.05) is 0 Å². The number of carbonyl (C=O) groups excluding carboxylic acids is 1. The zero-order valence-corrected chi connectivity index (χ0v) is 16.2. The first kappa shape index (κ1) is 19.3. The van der Waals surface area contributed by atoms with Crippen LogP contribution in [-0.2, 0) is 30.7 Å². The highest BCUT2D eigenvalue weighted by atomic mass is 16.2. The lowest BCUT2D eigenvalue weighted by atomic mass is 10.1. The lowest BCUT2D eigenvalue weighted by molar-refractivity contribution is -0.121. The maximum Gasteiger partial charge on any atom is 0.345 e. The maximum atomic E-state index is 12.5. The van der Waals surface area contributed by atoms with Crippen LogP contribution in [0, 0.1) is 5.92 Å². The number of hydrogen-bond donors (Lipinski definition) is 1. The number of carbonyl (C=O) groups is 1. The van der Waals surface area contributed by atoms with Crippen molar-refractivity contribution in [3.8, 4) is 0 Å². The van der Waals surface area contributed by atoms with Crippen LogP contribution >= 0.6 is 0 Å². The third-order valence-electron chi connectivity index (χ3n) is 5.09. The molecule has 146 valence electrons. The quantitative estimate of drug-likeness (QED) is 0.806. The third-order valence-corrected chi connectivity index (χ3v) is 5.09. The second kappa shape index (κ2) is 8.97. The summed E-state index contributed by atoms with van der Waals surface area (Å²) >= 11 is 0. The zero-order chi connectivity index (χ0) is 19.2. The number of rotatable bonds is 7. The summed E-state index contributed by atoms with van der Waals surface area (Å²) in [4.78, 5) is 28.8. The van der Waals surface area contributed by atoms with Crippen molar-refractivity contribution in [3.63, 3.8) is 0 Å². The maximum absolute atomic E-state index is 12.5. The van der Waals surface area contributed by atoms with Crippen LogP contribution in [0.15, 0.2) is 29.3 Å². The summed E-state index contributed by atoms with van der Waals surface area (Å²) in [6.45, 7) is 5.58. The summed E-state index contributed by atoms with van der Waals surface area (Å²) in [6, 6.07) is 3.96. The van der Waals surface area contributed by atoms with Crippen LogP contribution in [0.5, 0.6) is 0 Å². The number of fused-ring (bicyclic) bond motifs is 1. The lowest BCUT2D eigenvalue weighted by Gasteiger charge is -2.16. The van der Waals surface area contributed by atoms with Gasteiger partial charge in [0.2, 0.25) is 5.91 Å². The van der Waals surface area contributed by atoms with Crippen molar-refractivity contribution >= 4 is 5.91 Å². The summed E-state index contributed by atoms with van der Waals surface area (Å²) in [5, 5.41) is 7.64. The topological polar surface area (TPSA) is 81.8 Å². The van der Waals surface area contributed by atoms with Gasteiger partial charge in [-0.2, -0.15) is 5.10 Å². The molecule has 3 heterocycles. The van der Waals surface area contributed by atoms with Crippen LogP contribution in [-0.4, -0.2) is 31.3 Å². The van der Waals surface area contributed by atoms with Crippen LogP contribution < -0.4 is 11.0 Å². The van der Waals surface area contributed by atoms with Gasteiger partial charge < -0.3 is 5.32 Å². The molecule has 7 heteroatoms. The van der Waals surface area contributed by atoms with Crippen molar-refractivity contribution in [1.29, 1.82) is 0 Å². The highest BCUT2D eigenvalue weighted by Crippen LogP contribution is 2.13. The molecule has 0 spiro atoms. The Kier molecular flexibility index (Phi) is 6.42. The molecule has 1 unspecified atom stereocenters. The minimum absolute atomic E-state index is 0.0182. The molecule has 1 aliphatic heterocycles. The summed E-state index contributed by atoms with van der Waals surface area (Å²) in [7, 11) is 0. The van der Waals surface area contributed by atoms with Gasteiger partial charge in [0.15, 0.2) is 0 Å². The molecular weight excluding hydrogens is 342 g/mol. The molecular formula is C20H29N5O2. The van der Waals surface area contributed by atoms with Crippen LogP contribution in [0.3, 0.4) is 0 Å². The molecule has 0 radical (unpaired) electrons. The van der Waals surface area contributed by atoms with Gasteiger partial charge in [-0.1, -0.05) is 13.8 Å². The van der Waals surface area contributed by atoms with E-state index in [0.717, 1.165) is 37.1 Å². The van der Waals surface area contributed by atoms with E-state index in [1.165, 1.54) is 0 Å². The predicted molar refractivity (Wildman–Crippen MR) is 103 cm³/mol. The molecule has 2 aromatic rings. The van der Waals surface area contributed by atoms with E-state index in [4.69, 9.17) is 0 Å². The van der Waals surface area contributed by atoms with E-state index in [9.17, 15) is 9.59 Å². The van der Waals surface area contributed by atoms with Crippen molar-refractivity contribution in [2.24, 2.45) is 5.92 Å². The highest BCUT2D eigenvalue weighted by molar-refractivity contribution is 5.76. The number of pyridine rings is 1. The Morgan fingerprint density at radius 3 is 2.81 bits per heavy atom. The summed E-state index contributed by atoms with van der Waals surface area (Å²) < 4.78 is 3.38. The Morgan fingerprint density at radius 1 is 1.30 bits per heavy atom. The average molecular weight is 371 g/mol. The van der Waals surface area contributed by atoms with Gasteiger partial charge in [-0.15, -0.1) is 0 Å². The first-order valence-electron chi connectivity index (χ1n) is 9.87. The predicted octanol–water partition coefficient (Wildman–Crippen LogP) is 1.94. The SMILES string of the molecule is CC(C)CCn1nc2n(c1=O)CCC(NC(=O)CCc1ccncc1)CC2. The smallest absolute Gasteiger partial charge is 0.345 e. The molecule has 0 fully saturated rings. The molecule has 1 amide bonds. The molecule has 0 saturated carbocycles. The molecule has 2 aromatic heterocycles. The Morgan fingerprint density at radius 2 is 2.07 bits per heavy atom. The van der Waals surface area contributed by atoms with Crippen molar-refractivity contribution < 1.29 is 4.79 Å². The molecule has 27 heavy (non-hydrogen) atoms. The molecule has 3 rings (SSSR count). The van der Waals surface area contributed by atoms with Crippen LogP contribution in [0.1, 0.15) is 50.9 Å². The monoisotopic (exact) mass is 371 g/mol. The van der Waals surface area contributed by atoms with Gasteiger partial charge in [0.05, 0.1) is 0 Å². The fourth-order valence-electron chi connectivity index (χ4n) is 3.41. The first-order chi connectivity index (χ1) is 13.0. The minimum Gasteiger partial charge on any atom is -0.353 e. The number of nitrogens with one attached hydrogen (secondary N) is 1. The molecule has 0 aliphatic carbocycles. The fourth-order valence-corrected chi connectivity index (χ4v) is 3.41. The van der Waals surface area contributed by atoms with Gasteiger partial charge in [-0.05, 0) is 49.3 Å². The molecule has 7 nitrogen and oxygen atoms in total. The number of aromatic nitrogens is 4. The van der Waals surface area contributed by atoms with Gasteiger partial charge in [-0.25, -0.2) is 9.48 Å². The third kappa shape index (κ3) is 5.28. The van der Waals surface area contributed by atoms with Crippen molar-refractivity contribution in [1.82, 2.24) is 24.6 Å². The Labute approximate surface area is 159 Å². The molecule has 1 aliphatic rings. The van der Waals surface area contributed by atoms with E-state index in [0.29, 0.717) is 31.8 Å². The summed E-state index contributed by atoms with van der Waals surface area (Å²) in [6.07, 6.45) is 7.93. The van der Waals surface area contributed by atoms with E-state index in [1.807, 2.05) is 12.1 Å². The Balaban J connectivity index is 1.51. The summed E-state index contributed by atoms with van der Waals surface area (Å²) in [5.41, 5.74) is 1.10. The first-order valence-corrected chi connectivity index (χ1v) is 9.87. The van der Waals surface area contributed by atoms with E-state index < -0.39 is 0 Å². The average Bonchev–Trinajstić information content (AvgIpc) is 2.82. The van der Waals surface area contributed by atoms with E-state index in [2.05, 4.69) is 29.2 Å². The normalized spacial score (nSPS) is 16.8. The standard InChI is InChI=1S/C20H29N5O2/c1-15(2)9-14-25-20(27)24-13-10-17(4-5-18(24)23-25)22-19(26)6-3-16-7-11-21-12-8-16/h7-8,11-12,15,17H,3-6,9-10,13-14H2,1-2H3,(H,22,26). The molecule has 0 bridgehead atoms. The Bertz CT molecular complexity index is 810.